The Kier molecular flexibility index (Phi) is 3.46. The van der Waals surface area contributed by atoms with Gasteiger partial charge in [-0.2, -0.15) is 0 Å². The average Bonchev–Trinajstić information content (AvgIpc) is 2.53. The van der Waals surface area contributed by atoms with Gasteiger partial charge in [-0.15, -0.1) is 0 Å². The molecule has 0 unspecified atom stereocenters. The number of nitrogens with zero attached hydrogens (tertiary/aromatic N) is 2. The molecular weight excluding hydrogens is 250 g/mol. The summed E-state index contributed by atoms with van der Waals surface area (Å²) in [7, 11) is 1.80. The van der Waals surface area contributed by atoms with Gasteiger partial charge in [-0.1, -0.05) is 36.4 Å². The van der Waals surface area contributed by atoms with Gasteiger partial charge in [-0.05, 0) is 17.5 Å². The van der Waals surface area contributed by atoms with Crippen LogP contribution in [0.3, 0.4) is 0 Å². The van der Waals surface area contributed by atoms with Gasteiger partial charge < -0.3 is 10.1 Å². The maximum atomic E-state index is 5.89. The van der Waals surface area contributed by atoms with Gasteiger partial charge in [0.05, 0.1) is 5.69 Å². The molecule has 0 aliphatic rings. The topological polar surface area (TPSA) is 47.0 Å². The Morgan fingerprint density at radius 1 is 1.05 bits per heavy atom. The Balaban J connectivity index is 1.83. The third-order valence-electron chi connectivity index (χ3n) is 3.06. The number of hydrogen-bond acceptors (Lipinski definition) is 4. The molecule has 0 fully saturated rings. The second-order valence-electron chi connectivity index (χ2n) is 4.39. The highest BCUT2D eigenvalue weighted by atomic mass is 16.5. The van der Waals surface area contributed by atoms with Crippen molar-refractivity contribution in [1.29, 1.82) is 0 Å². The predicted octanol–water partition coefficient (Wildman–Crippen LogP) is 3.25. The molecule has 20 heavy (non-hydrogen) atoms. The number of benzene rings is 2. The molecule has 0 atom stereocenters. The lowest BCUT2D eigenvalue weighted by Gasteiger charge is -2.09. The van der Waals surface area contributed by atoms with Crippen molar-refractivity contribution < 1.29 is 4.74 Å². The van der Waals surface area contributed by atoms with Crippen LogP contribution in [0.5, 0.6) is 5.75 Å². The summed E-state index contributed by atoms with van der Waals surface area (Å²) < 4.78 is 5.89. The van der Waals surface area contributed by atoms with Crippen LogP contribution < -0.4 is 10.1 Å². The molecule has 0 bridgehead atoms. The molecule has 100 valence electrons. The van der Waals surface area contributed by atoms with Crippen molar-refractivity contribution in [2.45, 2.75) is 6.61 Å². The Morgan fingerprint density at radius 3 is 2.80 bits per heavy atom. The molecule has 0 aliphatic heterocycles. The summed E-state index contributed by atoms with van der Waals surface area (Å²) in [6.45, 7) is 0.422. The smallest absolute Gasteiger partial charge is 0.222 e. The van der Waals surface area contributed by atoms with E-state index in [1.165, 1.54) is 5.39 Å². The fourth-order valence-corrected chi connectivity index (χ4v) is 2.07. The van der Waals surface area contributed by atoms with E-state index < -0.39 is 0 Å². The summed E-state index contributed by atoms with van der Waals surface area (Å²) in [6, 6.07) is 16.1. The van der Waals surface area contributed by atoms with Crippen LogP contribution in [-0.4, -0.2) is 17.0 Å². The molecule has 4 nitrogen and oxygen atoms in total. The van der Waals surface area contributed by atoms with E-state index in [0.29, 0.717) is 12.6 Å². The lowest BCUT2D eigenvalue weighted by atomic mass is 10.1. The molecule has 0 aliphatic carbocycles. The van der Waals surface area contributed by atoms with E-state index in [0.717, 1.165) is 16.8 Å². The highest BCUT2D eigenvalue weighted by Gasteiger charge is 2.03. The van der Waals surface area contributed by atoms with Crippen molar-refractivity contribution in [3.63, 3.8) is 0 Å². The quantitative estimate of drug-likeness (QED) is 0.786. The number of rotatable bonds is 4. The molecule has 0 saturated heterocycles. The summed E-state index contributed by atoms with van der Waals surface area (Å²) in [4.78, 5) is 8.42. The highest BCUT2D eigenvalue weighted by Crippen LogP contribution is 2.25. The first-order valence-corrected chi connectivity index (χ1v) is 6.47. The van der Waals surface area contributed by atoms with Crippen molar-refractivity contribution in [3.05, 3.63) is 60.4 Å². The van der Waals surface area contributed by atoms with E-state index in [2.05, 4.69) is 33.5 Å². The molecule has 2 aromatic carbocycles. The summed E-state index contributed by atoms with van der Waals surface area (Å²) in [5.41, 5.74) is 0.845. The fraction of sp³-hybridized carbons (Fsp3) is 0.125. The molecule has 0 spiro atoms. The third-order valence-corrected chi connectivity index (χ3v) is 3.06. The van der Waals surface area contributed by atoms with Crippen LogP contribution in [0.25, 0.3) is 10.8 Å². The minimum atomic E-state index is 0.422. The van der Waals surface area contributed by atoms with Crippen LogP contribution >= 0.6 is 0 Å². The van der Waals surface area contributed by atoms with E-state index in [4.69, 9.17) is 4.74 Å². The number of aromatic nitrogens is 2. The molecule has 3 aromatic rings. The van der Waals surface area contributed by atoms with Gasteiger partial charge in [0.2, 0.25) is 5.95 Å². The van der Waals surface area contributed by atoms with Crippen molar-refractivity contribution in [3.8, 4) is 5.75 Å². The largest absolute Gasteiger partial charge is 0.487 e. The van der Waals surface area contributed by atoms with Crippen LogP contribution in [0.4, 0.5) is 5.95 Å². The zero-order valence-corrected chi connectivity index (χ0v) is 11.2. The van der Waals surface area contributed by atoms with E-state index in [1.807, 2.05) is 30.3 Å². The summed E-state index contributed by atoms with van der Waals surface area (Å²) >= 11 is 0. The maximum absolute atomic E-state index is 5.89. The second kappa shape index (κ2) is 5.57. The lowest BCUT2D eigenvalue weighted by molar-refractivity contribution is 0.305. The second-order valence-corrected chi connectivity index (χ2v) is 4.39. The first kappa shape index (κ1) is 12.4. The van der Waals surface area contributed by atoms with Crippen LogP contribution in [0, 0.1) is 0 Å². The fourth-order valence-electron chi connectivity index (χ4n) is 2.07. The third kappa shape index (κ3) is 2.54. The molecule has 4 heteroatoms. The van der Waals surface area contributed by atoms with E-state index in [1.54, 1.807) is 13.2 Å². The van der Waals surface area contributed by atoms with Gasteiger partial charge in [0, 0.05) is 18.6 Å². The highest BCUT2D eigenvalue weighted by molar-refractivity contribution is 5.88. The summed E-state index contributed by atoms with van der Waals surface area (Å²) in [5, 5.41) is 5.20. The Bertz CT molecular complexity index is 722. The molecule has 1 N–H and O–H groups in total. The van der Waals surface area contributed by atoms with Crippen molar-refractivity contribution in [1.82, 2.24) is 9.97 Å². The molecule has 1 heterocycles. The van der Waals surface area contributed by atoms with E-state index >= 15 is 0 Å². The Hall–Kier alpha value is -2.62. The number of hydrogen-bond donors (Lipinski definition) is 1. The van der Waals surface area contributed by atoms with Gasteiger partial charge in [0.15, 0.2) is 0 Å². The standard InChI is InChI=1S/C16H15N3O/c1-17-16-18-10-9-13(19-16)11-20-15-8-4-6-12-5-2-3-7-14(12)15/h2-10H,11H2,1H3,(H,17,18,19). The van der Waals surface area contributed by atoms with Crippen LogP contribution in [0.1, 0.15) is 5.69 Å². The number of ether oxygens (including phenoxy) is 1. The molecule has 0 saturated carbocycles. The van der Waals surface area contributed by atoms with E-state index in [-0.39, 0.29) is 0 Å². The molecule has 0 radical (unpaired) electrons. The van der Waals surface area contributed by atoms with Crippen molar-refractivity contribution in [2.75, 3.05) is 12.4 Å². The number of nitrogens with one attached hydrogen (secondary N) is 1. The normalized spacial score (nSPS) is 10.4. The first-order chi connectivity index (χ1) is 9.86. The molecule has 1 aromatic heterocycles. The summed E-state index contributed by atoms with van der Waals surface area (Å²) in [5.74, 6) is 1.47. The van der Waals surface area contributed by atoms with Crippen molar-refractivity contribution in [2.24, 2.45) is 0 Å². The zero-order chi connectivity index (χ0) is 13.8. The Labute approximate surface area is 117 Å². The van der Waals surface area contributed by atoms with Crippen LogP contribution in [-0.2, 0) is 6.61 Å². The lowest BCUT2D eigenvalue weighted by Crippen LogP contribution is -2.02. The Morgan fingerprint density at radius 2 is 1.90 bits per heavy atom. The number of fused-ring (bicyclic) bond motifs is 1. The monoisotopic (exact) mass is 265 g/mol. The average molecular weight is 265 g/mol. The van der Waals surface area contributed by atoms with E-state index in [9.17, 15) is 0 Å². The predicted molar refractivity (Wildman–Crippen MR) is 79.9 cm³/mol. The SMILES string of the molecule is CNc1nccc(COc2cccc3ccccc23)n1. The van der Waals surface area contributed by atoms with Gasteiger partial charge in [-0.25, -0.2) is 9.97 Å². The first-order valence-electron chi connectivity index (χ1n) is 6.47. The van der Waals surface area contributed by atoms with Gasteiger partial charge >= 0.3 is 0 Å². The molecular formula is C16H15N3O. The summed E-state index contributed by atoms with van der Waals surface area (Å²) in [6.07, 6.45) is 1.72. The van der Waals surface area contributed by atoms with Gasteiger partial charge in [-0.3, -0.25) is 0 Å². The van der Waals surface area contributed by atoms with Crippen LogP contribution in [0.2, 0.25) is 0 Å². The zero-order valence-electron chi connectivity index (χ0n) is 11.2. The minimum Gasteiger partial charge on any atom is -0.487 e. The van der Waals surface area contributed by atoms with Gasteiger partial charge in [0.1, 0.15) is 12.4 Å². The number of anilines is 1. The van der Waals surface area contributed by atoms with Crippen LogP contribution in [0.15, 0.2) is 54.7 Å². The van der Waals surface area contributed by atoms with Gasteiger partial charge in [0.25, 0.3) is 0 Å². The maximum Gasteiger partial charge on any atom is 0.222 e. The minimum absolute atomic E-state index is 0.422. The van der Waals surface area contributed by atoms with Crippen molar-refractivity contribution >= 4 is 16.7 Å². The molecule has 3 rings (SSSR count). The molecule has 0 amide bonds.